The highest BCUT2D eigenvalue weighted by Gasteiger charge is 2.27. The Bertz CT molecular complexity index is 584. The summed E-state index contributed by atoms with van der Waals surface area (Å²) in [5, 5.41) is 3.43. The lowest BCUT2D eigenvalue weighted by atomic mass is 10.2. The van der Waals surface area contributed by atoms with Crippen LogP contribution in [-0.4, -0.2) is 29.7 Å². The van der Waals surface area contributed by atoms with E-state index in [1.54, 1.807) is 11.8 Å². The fraction of sp³-hybridized carbons (Fsp3) is 0.556. The van der Waals surface area contributed by atoms with Crippen molar-refractivity contribution >= 4 is 29.3 Å². The van der Waals surface area contributed by atoms with E-state index in [1.165, 1.54) is 12.8 Å². The van der Waals surface area contributed by atoms with Crippen LogP contribution in [0.25, 0.3) is 0 Å². The zero-order valence-corrected chi connectivity index (χ0v) is 14.4. The maximum atomic E-state index is 12.6. The van der Waals surface area contributed by atoms with Crippen molar-refractivity contribution in [3.63, 3.8) is 0 Å². The van der Waals surface area contributed by atoms with Gasteiger partial charge in [-0.1, -0.05) is 31.9 Å². The summed E-state index contributed by atoms with van der Waals surface area (Å²) >= 11 is 1.81. The van der Waals surface area contributed by atoms with Crippen LogP contribution in [0.5, 0.6) is 0 Å². The predicted molar refractivity (Wildman–Crippen MR) is 93.7 cm³/mol. The van der Waals surface area contributed by atoms with Crippen molar-refractivity contribution in [1.82, 2.24) is 5.32 Å². The summed E-state index contributed by atoms with van der Waals surface area (Å²) in [5.41, 5.74) is 0.983. The molecule has 1 fully saturated rings. The zero-order valence-electron chi connectivity index (χ0n) is 13.6. The van der Waals surface area contributed by atoms with Gasteiger partial charge in [-0.2, -0.15) is 0 Å². The van der Waals surface area contributed by atoms with Crippen molar-refractivity contribution < 1.29 is 9.59 Å². The minimum absolute atomic E-state index is 0.0120. The van der Waals surface area contributed by atoms with E-state index in [4.69, 9.17) is 0 Å². The predicted octanol–water partition coefficient (Wildman–Crippen LogP) is 3.35. The number of amides is 2. The number of benzene rings is 1. The Kier molecular flexibility index (Phi) is 5.26. The Balaban J connectivity index is 1.56. The molecule has 4 nitrogen and oxygen atoms in total. The number of thioether (sulfide) groups is 1. The Morgan fingerprint density at radius 2 is 1.96 bits per heavy atom. The van der Waals surface area contributed by atoms with Crippen molar-refractivity contribution in [3.05, 3.63) is 24.3 Å². The van der Waals surface area contributed by atoms with E-state index in [-0.39, 0.29) is 24.7 Å². The molecule has 1 saturated carbocycles. The van der Waals surface area contributed by atoms with Crippen LogP contribution in [0.2, 0.25) is 0 Å². The van der Waals surface area contributed by atoms with Gasteiger partial charge < -0.3 is 10.2 Å². The van der Waals surface area contributed by atoms with Gasteiger partial charge in [-0.15, -0.1) is 11.8 Å². The topological polar surface area (TPSA) is 49.4 Å². The van der Waals surface area contributed by atoms with Crippen LogP contribution in [0.4, 0.5) is 5.69 Å². The summed E-state index contributed by atoms with van der Waals surface area (Å²) in [6, 6.07) is 8.34. The number of carbonyl (C=O) groups excluding carboxylic acids is 2. The molecule has 124 valence electrons. The van der Waals surface area contributed by atoms with E-state index >= 15 is 0 Å². The van der Waals surface area contributed by atoms with E-state index in [9.17, 15) is 9.59 Å². The summed E-state index contributed by atoms with van der Waals surface area (Å²) in [6.45, 7) is 2.85. The lowest BCUT2D eigenvalue weighted by molar-refractivity contribution is -0.125. The molecule has 3 rings (SSSR count). The molecule has 1 atom stereocenters. The molecule has 5 heteroatoms. The van der Waals surface area contributed by atoms with E-state index in [2.05, 4.69) is 18.3 Å². The van der Waals surface area contributed by atoms with E-state index in [0.717, 1.165) is 23.4 Å². The Labute approximate surface area is 142 Å². The zero-order chi connectivity index (χ0) is 16.2. The number of fused-ring (bicyclic) bond motifs is 1. The Morgan fingerprint density at radius 1 is 1.22 bits per heavy atom. The molecular formula is C18H24N2O2S. The van der Waals surface area contributed by atoms with Crippen LogP contribution in [0, 0.1) is 0 Å². The molecule has 2 aliphatic rings. The van der Waals surface area contributed by atoms with Gasteiger partial charge in [0.05, 0.1) is 5.69 Å². The van der Waals surface area contributed by atoms with Gasteiger partial charge >= 0.3 is 0 Å². The molecular weight excluding hydrogens is 308 g/mol. The third-order valence-corrected chi connectivity index (χ3v) is 5.66. The third kappa shape index (κ3) is 4.08. The second kappa shape index (κ2) is 7.39. The van der Waals surface area contributed by atoms with E-state index < -0.39 is 0 Å². The van der Waals surface area contributed by atoms with Crippen LogP contribution in [0.15, 0.2) is 29.2 Å². The first-order chi connectivity index (χ1) is 11.1. The Hall–Kier alpha value is -1.49. The standard InChI is InChI=1S/C18H24N2O2S/c1-13-12-20(15-8-4-5-9-16(15)23-13)18(22)11-10-17(21)19-14-6-2-3-7-14/h4-5,8-9,13-14H,2-3,6-7,10-12H2,1H3,(H,19,21)/t13-/m1/s1. The molecule has 0 spiro atoms. The lowest BCUT2D eigenvalue weighted by Crippen LogP contribution is -2.39. The molecule has 1 aromatic carbocycles. The number of anilines is 1. The Morgan fingerprint density at radius 3 is 2.74 bits per heavy atom. The van der Waals surface area contributed by atoms with Gasteiger partial charge in [0.15, 0.2) is 0 Å². The molecule has 0 saturated heterocycles. The molecule has 1 N–H and O–H groups in total. The molecule has 1 heterocycles. The maximum Gasteiger partial charge on any atom is 0.227 e. The number of para-hydroxylation sites is 1. The first-order valence-corrected chi connectivity index (χ1v) is 9.37. The average Bonchev–Trinajstić information content (AvgIpc) is 3.04. The van der Waals surface area contributed by atoms with Crippen LogP contribution in [0.1, 0.15) is 45.4 Å². The molecule has 23 heavy (non-hydrogen) atoms. The monoisotopic (exact) mass is 332 g/mol. The number of hydrogen-bond acceptors (Lipinski definition) is 3. The van der Waals surface area contributed by atoms with E-state index in [0.29, 0.717) is 17.8 Å². The fourth-order valence-corrected chi connectivity index (χ4v) is 4.46. The van der Waals surface area contributed by atoms with Crippen LogP contribution in [-0.2, 0) is 9.59 Å². The fourth-order valence-electron chi connectivity index (χ4n) is 3.35. The van der Waals surface area contributed by atoms with Crippen molar-refractivity contribution in [2.45, 2.75) is 61.6 Å². The normalized spacial score (nSPS) is 21.1. The van der Waals surface area contributed by atoms with Crippen LogP contribution in [0.3, 0.4) is 0 Å². The largest absolute Gasteiger partial charge is 0.353 e. The minimum Gasteiger partial charge on any atom is -0.353 e. The molecule has 1 aliphatic carbocycles. The minimum atomic E-state index is 0.0120. The highest BCUT2D eigenvalue weighted by molar-refractivity contribution is 8.00. The number of rotatable bonds is 4. The van der Waals surface area contributed by atoms with Gasteiger partial charge in [-0.3, -0.25) is 9.59 Å². The van der Waals surface area contributed by atoms with Gasteiger partial charge in [0.2, 0.25) is 11.8 Å². The molecule has 1 aliphatic heterocycles. The van der Waals surface area contributed by atoms with Crippen molar-refractivity contribution in [2.75, 3.05) is 11.4 Å². The highest BCUT2D eigenvalue weighted by Crippen LogP contribution is 2.38. The van der Waals surface area contributed by atoms with Crippen LogP contribution >= 0.6 is 11.8 Å². The molecule has 0 aromatic heterocycles. The quantitative estimate of drug-likeness (QED) is 0.920. The summed E-state index contributed by atoms with van der Waals surface area (Å²) < 4.78 is 0. The lowest BCUT2D eigenvalue weighted by Gasteiger charge is -2.32. The molecule has 0 unspecified atom stereocenters. The third-order valence-electron chi connectivity index (χ3n) is 4.51. The smallest absolute Gasteiger partial charge is 0.227 e. The van der Waals surface area contributed by atoms with Gasteiger partial charge in [-0.25, -0.2) is 0 Å². The van der Waals surface area contributed by atoms with Crippen molar-refractivity contribution in [2.24, 2.45) is 0 Å². The maximum absolute atomic E-state index is 12.6. The molecule has 0 radical (unpaired) electrons. The van der Waals surface area contributed by atoms with Gasteiger partial charge in [0.1, 0.15) is 0 Å². The van der Waals surface area contributed by atoms with Crippen molar-refractivity contribution in [1.29, 1.82) is 0 Å². The first-order valence-electron chi connectivity index (χ1n) is 8.49. The SMILES string of the molecule is C[C@@H]1CN(C(=O)CCC(=O)NC2CCCC2)c2ccccc2S1. The number of carbonyl (C=O) groups is 2. The summed E-state index contributed by atoms with van der Waals surface area (Å²) in [4.78, 5) is 27.6. The van der Waals surface area contributed by atoms with Gasteiger partial charge in [-0.05, 0) is 25.0 Å². The summed E-state index contributed by atoms with van der Waals surface area (Å²) in [5.74, 6) is 0.0594. The molecule has 0 bridgehead atoms. The van der Waals surface area contributed by atoms with Crippen LogP contribution < -0.4 is 10.2 Å². The number of hydrogen-bond donors (Lipinski definition) is 1. The summed E-state index contributed by atoms with van der Waals surface area (Å²) in [6.07, 6.45) is 5.12. The van der Waals surface area contributed by atoms with Gasteiger partial charge in [0.25, 0.3) is 0 Å². The highest BCUT2D eigenvalue weighted by atomic mass is 32.2. The second-order valence-electron chi connectivity index (χ2n) is 6.45. The molecule has 1 aromatic rings. The van der Waals surface area contributed by atoms with Crippen molar-refractivity contribution in [3.8, 4) is 0 Å². The average molecular weight is 332 g/mol. The second-order valence-corrected chi connectivity index (χ2v) is 7.93. The first kappa shape index (κ1) is 16.4. The molecule has 2 amide bonds. The number of nitrogens with zero attached hydrogens (tertiary/aromatic N) is 1. The van der Waals surface area contributed by atoms with Gasteiger partial charge in [0, 0.05) is 35.6 Å². The number of nitrogens with one attached hydrogen (secondary N) is 1. The van der Waals surface area contributed by atoms with E-state index in [1.807, 2.05) is 23.1 Å². The summed E-state index contributed by atoms with van der Waals surface area (Å²) in [7, 11) is 0.